The number of aryl methyl sites for hydroxylation is 3. The number of ether oxygens (including phenoxy) is 6. The molecule has 11 atom stereocenters. The lowest BCUT2D eigenvalue weighted by Gasteiger charge is -2.39. The Morgan fingerprint density at radius 1 is 0.873 bits per heavy atom. The summed E-state index contributed by atoms with van der Waals surface area (Å²) < 4.78 is 38.3. The number of nitrogens with zero attached hydrogens (tertiary/aromatic N) is 2. The number of carbonyl (C=O) groups excluding carboxylic acids is 3. The largest absolute Gasteiger partial charge is 0.505 e. The van der Waals surface area contributed by atoms with Gasteiger partial charge in [-0.15, -0.1) is 0 Å². The van der Waals surface area contributed by atoms with Gasteiger partial charge in [0.2, 0.25) is 5.78 Å². The Morgan fingerprint density at radius 2 is 1.51 bits per heavy atom. The van der Waals surface area contributed by atoms with Gasteiger partial charge < -0.3 is 54.0 Å². The maximum absolute atomic E-state index is 15.2. The lowest BCUT2D eigenvalue weighted by molar-refractivity contribution is -0.164. The van der Waals surface area contributed by atoms with Gasteiger partial charge in [-0.2, -0.15) is 0 Å². The van der Waals surface area contributed by atoms with E-state index in [9.17, 15) is 24.9 Å². The molecule has 3 aromatic rings. The zero-order chi connectivity index (χ0) is 52.2. The Labute approximate surface area is 420 Å². The minimum absolute atomic E-state index is 0.0383. The number of anilines is 2. The van der Waals surface area contributed by atoms with E-state index in [0.717, 1.165) is 13.0 Å². The molecule has 392 valence electrons. The number of fused-ring (bicyclic) bond motifs is 2. The molecule has 0 amide bonds. The number of phenolic OH excluding ortho intramolecular Hbond substituents is 1. The van der Waals surface area contributed by atoms with Crippen molar-refractivity contribution >= 4 is 39.9 Å². The summed E-state index contributed by atoms with van der Waals surface area (Å²) in [5.74, 6) is -4.88. The summed E-state index contributed by atoms with van der Waals surface area (Å²) in [4.78, 5) is 46.3. The number of ketones is 1. The van der Waals surface area contributed by atoms with E-state index in [0.29, 0.717) is 61.7 Å². The number of phenols is 1. The van der Waals surface area contributed by atoms with Gasteiger partial charge in [-0.05, 0) is 90.3 Å². The molecule has 7 rings (SSSR count). The summed E-state index contributed by atoms with van der Waals surface area (Å²) in [6.45, 7) is 29.2. The number of benzene rings is 3. The fraction of sp³-hybridized carbons (Fsp3) is 0.661. The molecule has 2 unspecified atom stereocenters. The molecule has 0 aliphatic carbocycles. The molecule has 4 N–H and O–H groups in total. The lowest BCUT2D eigenvalue weighted by Crippen LogP contribution is -2.47. The molecule has 15 heteroatoms. The van der Waals surface area contributed by atoms with Crippen LogP contribution in [0.5, 0.6) is 23.0 Å². The zero-order valence-electron chi connectivity index (χ0n) is 44.9. The monoisotopic (exact) mass is 988 g/mol. The molecule has 4 heterocycles. The van der Waals surface area contributed by atoms with Crippen molar-refractivity contribution in [1.29, 1.82) is 0 Å². The second kappa shape index (κ2) is 21.0. The van der Waals surface area contributed by atoms with Gasteiger partial charge in [0, 0.05) is 88.3 Å². The van der Waals surface area contributed by atoms with Gasteiger partial charge in [-0.3, -0.25) is 19.3 Å². The fourth-order valence-corrected chi connectivity index (χ4v) is 11.5. The third-order valence-electron chi connectivity index (χ3n) is 16.0. The number of methoxy groups -OCH3 is 1. The molecule has 0 radical (unpaired) electrons. The number of nitrogens with one attached hydrogen (secondary N) is 1. The minimum atomic E-state index is -1.88. The predicted molar refractivity (Wildman–Crippen MR) is 274 cm³/mol. The maximum atomic E-state index is 15.2. The average Bonchev–Trinajstić information content (AvgIpc) is 3.86. The molecule has 0 spiro atoms. The minimum Gasteiger partial charge on any atom is -0.505 e. The number of aliphatic hydroxyl groups is 2. The van der Waals surface area contributed by atoms with Crippen LogP contribution in [-0.2, 0) is 30.3 Å². The summed E-state index contributed by atoms with van der Waals surface area (Å²) in [6.07, 6.45) is -1.49. The van der Waals surface area contributed by atoms with Crippen LogP contribution in [0, 0.1) is 62.7 Å². The highest BCUT2D eigenvalue weighted by atomic mass is 16.7. The molecule has 1 saturated heterocycles. The van der Waals surface area contributed by atoms with Crippen LogP contribution in [0.25, 0.3) is 10.8 Å². The Hall–Kier alpha value is -4.67. The van der Waals surface area contributed by atoms with Crippen LogP contribution in [0.4, 0.5) is 11.4 Å². The standard InChI is InChI=1S/C56H81N3O12/c1-28-25-31(4)38(32(5)26-28)27-58-20-22-59(23-21-58)44-43-51-41-40(47(44)63)42-50(36(9)49(41)70-54(65)55(11,12)13)71-56(14,52(42)64)67-24-19-39(66-15)33(6)48(68-37(10)60)35(8)46(62)34(7)45(61)29(2)17-16-18-30(3)53(57-43)69-51/h25-26,29-30,33-35,39,45-46,48,53,57,61-63H,16-24,27H2,1-15H3/t29-,30?,33+,34+,35+,39-,45-,46+,48+,53?,56-/m0/s1. The van der Waals surface area contributed by atoms with Crippen molar-refractivity contribution in [3.05, 3.63) is 45.5 Å². The van der Waals surface area contributed by atoms with Crippen molar-refractivity contribution in [2.45, 2.75) is 166 Å². The highest BCUT2D eigenvalue weighted by Gasteiger charge is 2.51. The molecular weight excluding hydrogens is 907 g/mol. The zero-order valence-corrected chi connectivity index (χ0v) is 44.9. The number of Topliss-reactive ketones (excluding diaryl/α,β-unsaturated/α-hetero) is 1. The van der Waals surface area contributed by atoms with Crippen LogP contribution in [-0.4, -0.2) is 114 Å². The first kappa shape index (κ1) is 54.1. The Kier molecular flexibility index (Phi) is 16.0. The van der Waals surface area contributed by atoms with E-state index < -0.39 is 77.3 Å². The number of rotatable bonds is 6. The number of aromatic hydroxyl groups is 1. The summed E-state index contributed by atoms with van der Waals surface area (Å²) in [5.41, 5.74) is 5.63. The molecule has 0 aromatic heterocycles. The third kappa shape index (κ3) is 10.6. The van der Waals surface area contributed by atoms with Crippen molar-refractivity contribution < 1.29 is 58.1 Å². The van der Waals surface area contributed by atoms with E-state index >= 15 is 4.79 Å². The molecule has 1 fully saturated rings. The SMILES string of the molecule is CO[C@H]1CCO[C@@]2(C)Oc3c(C)c(OC(=O)C(C)(C)C)c4c5c(c(N6CCN(Cc7c(C)cc(C)cc7C)CC6)c(O)c4c3C2=O)NC(O5)C(C)CCC[C@H](C)[C@H](O)[C@@H](C)[C@@H](O)[C@@H](C)[C@H](OC(C)=O)[C@@H]1C. The molecule has 4 aliphatic heterocycles. The summed E-state index contributed by atoms with van der Waals surface area (Å²) in [6, 6.07) is 4.45. The van der Waals surface area contributed by atoms with Crippen LogP contribution < -0.4 is 24.4 Å². The quantitative estimate of drug-likeness (QED) is 0.135. The maximum Gasteiger partial charge on any atom is 0.316 e. The predicted octanol–water partition coefficient (Wildman–Crippen LogP) is 8.91. The van der Waals surface area contributed by atoms with Crippen LogP contribution >= 0.6 is 0 Å². The highest BCUT2D eigenvalue weighted by molar-refractivity contribution is 6.23. The normalized spacial score (nSPS) is 30.1. The number of esters is 2. The summed E-state index contributed by atoms with van der Waals surface area (Å²) >= 11 is 0. The Balaban J connectivity index is 1.35. The molecule has 6 bridgehead atoms. The highest BCUT2D eigenvalue weighted by Crippen LogP contribution is 2.60. The molecule has 3 aromatic carbocycles. The summed E-state index contributed by atoms with van der Waals surface area (Å²) in [7, 11) is 1.55. The van der Waals surface area contributed by atoms with Crippen molar-refractivity contribution in [3.63, 3.8) is 0 Å². The van der Waals surface area contributed by atoms with Crippen LogP contribution in [0.1, 0.15) is 133 Å². The smallest absolute Gasteiger partial charge is 0.316 e. The first-order valence-corrected chi connectivity index (χ1v) is 25.8. The molecule has 71 heavy (non-hydrogen) atoms. The Bertz CT molecular complexity index is 2470. The van der Waals surface area contributed by atoms with Crippen molar-refractivity contribution in [2.24, 2.45) is 35.0 Å². The van der Waals surface area contributed by atoms with Gasteiger partial charge in [0.15, 0.2) is 12.0 Å². The first-order valence-electron chi connectivity index (χ1n) is 25.8. The third-order valence-corrected chi connectivity index (χ3v) is 16.0. The van der Waals surface area contributed by atoms with Gasteiger partial charge >= 0.3 is 11.9 Å². The van der Waals surface area contributed by atoms with Crippen molar-refractivity contribution in [1.82, 2.24) is 4.90 Å². The van der Waals surface area contributed by atoms with E-state index in [1.54, 1.807) is 41.7 Å². The second-order valence-corrected chi connectivity index (χ2v) is 22.6. The molecule has 4 aliphatic rings. The van der Waals surface area contributed by atoms with Gasteiger partial charge in [-0.1, -0.05) is 58.7 Å². The van der Waals surface area contributed by atoms with Gasteiger partial charge in [0.05, 0.1) is 41.3 Å². The van der Waals surface area contributed by atoms with Crippen LogP contribution in [0.15, 0.2) is 12.1 Å². The number of aliphatic hydroxyl groups excluding tert-OH is 2. The van der Waals surface area contributed by atoms with E-state index in [1.165, 1.54) is 29.2 Å². The van der Waals surface area contributed by atoms with Gasteiger partial charge in [-0.25, -0.2) is 0 Å². The number of hydrogen-bond donors (Lipinski definition) is 4. The first-order chi connectivity index (χ1) is 33.3. The molecule has 0 saturated carbocycles. The van der Waals surface area contributed by atoms with Gasteiger partial charge in [0.1, 0.15) is 34.7 Å². The fourth-order valence-electron chi connectivity index (χ4n) is 11.5. The van der Waals surface area contributed by atoms with E-state index in [2.05, 4.69) is 54.9 Å². The van der Waals surface area contributed by atoms with E-state index in [1.807, 2.05) is 27.7 Å². The number of hydrogen-bond acceptors (Lipinski definition) is 15. The van der Waals surface area contributed by atoms with E-state index in [4.69, 9.17) is 28.4 Å². The van der Waals surface area contributed by atoms with Crippen LogP contribution in [0.2, 0.25) is 0 Å². The topological polar surface area (TPSA) is 186 Å². The summed E-state index contributed by atoms with van der Waals surface area (Å²) in [5, 5.41) is 40.6. The van der Waals surface area contributed by atoms with Gasteiger partial charge in [0.25, 0.3) is 5.79 Å². The average molecular weight is 988 g/mol. The van der Waals surface area contributed by atoms with Crippen molar-refractivity contribution in [2.75, 3.05) is 50.1 Å². The molecule has 15 nitrogen and oxygen atoms in total. The number of carbonyl (C=O) groups is 3. The molecular formula is C56H81N3O12. The van der Waals surface area contributed by atoms with Crippen molar-refractivity contribution in [3.8, 4) is 23.0 Å². The lowest BCUT2D eigenvalue weighted by atomic mass is 9.77. The second-order valence-electron chi connectivity index (χ2n) is 22.6. The number of piperazine rings is 1. The van der Waals surface area contributed by atoms with Crippen LogP contribution in [0.3, 0.4) is 0 Å². The Morgan fingerprint density at radius 3 is 2.11 bits per heavy atom. The van der Waals surface area contributed by atoms with E-state index in [-0.39, 0.29) is 58.4 Å².